The van der Waals surface area contributed by atoms with Crippen molar-refractivity contribution in [2.24, 2.45) is 0 Å². The molecule has 0 aromatic heterocycles. The number of rotatable bonds is 6. The van der Waals surface area contributed by atoms with E-state index in [0.29, 0.717) is 30.2 Å². The smallest absolute Gasteiger partial charge is 0.251 e. The van der Waals surface area contributed by atoms with Gasteiger partial charge in [0, 0.05) is 5.56 Å². The van der Waals surface area contributed by atoms with Crippen LogP contribution in [0, 0.1) is 13.8 Å². The molecule has 2 aromatic rings. The van der Waals surface area contributed by atoms with Crippen LogP contribution in [0.3, 0.4) is 0 Å². The number of amides is 1. The number of methoxy groups -OCH3 is 1. The first-order valence-electron chi connectivity index (χ1n) is 7.22. The fourth-order valence-electron chi connectivity index (χ4n) is 2.11. The highest BCUT2D eigenvalue weighted by Crippen LogP contribution is 2.27. The molecule has 4 heteroatoms. The van der Waals surface area contributed by atoms with Crippen LogP contribution in [-0.2, 0) is 0 Å². The molecule has 0 aliphatic carbocycles. The van der Waals surface area contributed by atoms with E-state index in [1.807, 2.05) is 50.2 Å². The lowest BCUT2D eigenvalue weighted by Gasteiger charge is -2.12. The van der Waals surface area contributed by atoms with Crippen LogP contribution in [0.25, 0.3) is 0 Å². The molecule has 0 fully saturated rings. The molecule has 0 aliphatic heterocycles. The van der Waals surface area contributed by atoms with Gasteiger partial charge in [-0.3, -0.25) is 4.79 Å². The monoisotopic (exact) mass is 299 g/mol. The van der Waals surface area contributed by atoms with Gasteiger partial charge in [0.05, 0.1) is 13.7 Å². The number of benzene rings is 2. The Balaban J connectivity index is 1.83. The molecular weight excluding hydrogens is 278 g/mol. The second kappa shape index (κ2) is 7.50. The molecule has 0 unspecified atom stereocenters. The Morgan fingerprint density at radius 2 is 1.82 bits per heavy atom. The summed E-state index contributed by atoms with van der Waals surface area (Å²) in [5.74, 6) is 1.28. The predicted octanol–water partition coefficient (Wildman–Crippen LogP) is 3.12. The Hall–Kier alpha value is -2.49. The van der Waals surface area contributed by atoms with Crippen molar-refractivity contribution in [2.75, 3.05) is 20.3 Å². The Labute approximate surface area is 131 Å². The number of nitrogens with one attached hydrogen (secondary N) is 1. The zero-order valence-corrected chi connectivity index (χ0v) is 13.2. The topological polar surface area (TPSA) is 47.6 Å². The van der Waals surface area contributed by atoms with Crippen molar-refractivity contribution >= 4 is 5.91 Å². The largest absolute Gasteiger partial charge is 0.493 e. The van der Waals surface area contributed by atoms with Gasteiger partial charge >= 0.3 is 0 Å². The van der Waals surface area contributed by atoms with E-state index in [4.69, 9.17) is 9.47 Å². The van der Waals surface area contributed by atoms with Crippen LogP contribution in [0.5, 0.6) is 11.5 Å². The zero-order chi connectivity index (χ0) is 15.9. The lowest BCUT2D eigenvalue weighted by Crippen LogP contribution is -2.28. The Kier molecular flexibility index (Phi) is 5.42. The van der Waals surface area contributed by atoms with Gasteiger partial charge in [0.15, 0.2) is 11.5 Å². The highest BCUT2D eigenvalue weighted by Gasteiger charge is 2.06. The first kappa shape index (κ1) is 15.9. The van der Waals surface area contributed by atoms with Gasteiger partial charge in [-0.2, -0.15) is 0 Å². The quantitative estimate of drug-likeness (QED) is 0.834. The summed E-state index contributed by atoms with van der Waals surface area (Å²) < 4.78 is 10.9. The van der Waals surface area contributed by atoms with Gasteiger partial charge in [-0.1, -0.05) is 23.8 Å². The van der Waals surface area contributed by atoms with E-state index in [2.05, 4.69) is 5.32 Å². The number of carbonyl (C=O) groups is 1. The third kappa shape index (κ3) is 4.25. The fraction of sp³-hybridized carbons (Fsp3) is 0.278. The molecule has 0 bridgehead atoms. The van der Waals surface area contributed by atoms with Crippen molar-refractivity contribution in [1.82, 2.24) is 5.32 Å². The van der Waals surface area contributed by atoms with Gasteiger partial charge in [0.1, 0.15) is 6.61 Å². The van der Waals surface area contributed by atoms with Crippen LogP contribution in [0.1, 0.15) is 21.5 Å². The van der Waals surface area contributed by atoms with Crippen molar-refractivity contribution in [3.05, 3.63) is 59.2 Å². The SMILES string of the molecule is COc1cc(C)ccc1OCCNC(=O)c1cccc(C)c1. The molecule has 0 saturated carbocycles. The lowest BCUT2D eigenvalue weighted by molar-refractivity contribution is 0.0946. The van der Waals surface area contributed by atoms with Gasteiger partial charge in [-0.25, -0.2) is 0 Å². The van der Waals surface area contributed by atoms with E-state index in [1.54, 1.807) is 13.2 Å². The van der Waals surface area contributed by atoms with Crippen LogP contribution in [0.4, 0.5) is 0 Å². The fourth-order valence-corrected chi connectivity index (χ4v) is 2.11. The molecule has 0 atom stereocenters. The van der Waals surface area contributed by atoms with E-state index in [1.165, 1.54) is 0 Å². The van der Waals surface area contributed by atoms with E-state index in [0.717, 1.165) is 11.1 Å². The summed E-state index contributed by atoms with van der Waals surface area (Å²) in [5, 5.41) is 2.84. The van der Waals surface area contributed by atoms with E-state index in [9.17, 15) is 4.79 Å². The molecule has 2 aromatic carbocycles. The summed E-state index contributed by atoms with van der Waals surface area (Å²) >= 11 is 0. The Bertz CT molecular complexity index is 653. The molecule has 22 heavy (non-hydrogen) atoms. The first-order valence-corrected chi connectivity index (χ1v) is 7.22. The maximum Gasteiger partial charge on any atom is 0.251 e. The maximum atomic E-state index is 12.0. The van der Waals surface area contributed by atoms with Crippen molar-refractivity contribution in [1.29, 1.82) is 0 Å². The van der Waals surface area contributed by atoms with E-state index < -0.39 is 0 Å². The molecule has 0 saturated heterocycles. The third-order valence-electron chi connectivity index (χ3n) is 3.24. The molecule has 0 spiro atoms. The Morgan fingerprint density at radius 1 is 1.05 bits per heavy atom. The molecule has 0 heterocycles. The molecule has 0 radical (unpaired) electrons. The van der Waals surface area contributed by atoms with Crippen LogP contribution < -0.4 is 14.8 Å². The van der Waals surface area contributed by atoms with Crippen molar-refractivity contribution in [3.63, 3.8) is 0 Å². The van der Waals surface area contributed by atoms with Crippen LogP contribution in [0.2, 0.25) is 0 Å². The standard InChI is InChI=1S/C18H21NO3/c1-13-5-4-6-15(11-13)18(20)19-9-10-22-16-8-7-14(2)12-17(16)21-3/h4-8,11-12H,9-10H2,1-3H3,(H,19,20). The first-order chi connectivity index (χ1) is 10.6. The van der Waals surface area contributed by atoms with E-state index >= 15 is 0 Å². The lowest BCUT2D eigenvalue weighted by atomic mass is 10.1. The van der Waals surface area contributed by atoms with Crippen LogP contribution in [0.15, 0.2) is 42.5 Å². The summed E-state index contributed by atoms with van der Waals surface area (Å²) in [5.41, 5.74) is 2.83. The second-order valence-corrected chi connectivity index (χ2v) is 5.13. The number of ether oxygens (including phenoxy) is 2. The third-order valence-corrected chi connectivity index (χ3v) is 3.24. The molecule has 0 aliphatic rings. The number of carbonyl (C=O) groups excluding carboxylic acids is 1. The molecule has 2 rings (SSSR count). The maximum absolute atomic E-state index is 12.0. The van der Waals surface area contributed by atoms with Crippen molar-refractivity contribution in [3.8, 4) is 11.5 Å². The zero-order valence-electron chi connectivity index (χ0n) is 13.2. The van der Waals surface area contributed by atoms with E-state index in [-0.39, 0.29) is 5.91 Å². The highest BCUT2D eigenvalue weighted by atomic mass is 16.5. The number of aryl methyl sites for hydroxylation is 2. The minimum atomic E-state index is -0.0943. The van der Waals surface area contributed by atoms with Gasteiger partial charge < -0.3 is 14.8 Å². The predicted molar refractivity (Wildman–Crippen MR) is 86.7 cm³/mol. The highest BCUT2D eigenvalue weighted by molar-refractivity contribution is 5.94. The van der Waals surface area contributed by atoms with Gasteiger partial charge in [-0.15, -0.1) is 0 Å². The van der Waals surface area contributed by atoms with Crippen LogP contribution >= 0.6 is 0 Å². The molecule has 1 amide bonds. The summed E-state index contributed by atoms with van der Waals surface area (Å²) in [6, 6.07) is 13.2. The van der Waals surface area contributed by atoms with Crippen molar-refractivity contribution in [2.45, 2.75) is 13.8 Å². The minimum absolute atomic E-state index is 0.0943. The Morgan fingerprint density at radius 3 is 2.55 bits per heavy atom. The molecule has 4 nitrogen and oxygen atoms in total. The van der Waals surface area contributed by atoms with Gasteiger partial charge in [-0.05, 0) is 43.7 Å². The summed E-state index contributed by atoms with van der Waals surface area (Å²) in [6.45, 7) is 4.78. The van der Waals surface area contributed by atoms with Crippen LogP contribution in [-0.4, -0.2) is 26.2 Å². The summed E-state index contributed by atoms with van der Waals surface area (Å²) in [7, 11) is 1.61. The summed E-state index contributed by atoms with van der Waals surface area (Å²) in [6.07, 6.45) is 0. The average Bonchev–Trinajstić information content (AvgIpc) is 2.52. The normalized spacial score (nSPS) is 10.1. The van der Waals surface area contributed by atoms with Gasteiger partial charge in [0.2, 0.25) is 0 Å². The molecular formula is C18H21NO3. The summed E-state index contributed by atoms with van der Waals surface area (Å²) in [4.78, 5) is 12.0. The minimum Gasteiger partial charge on any atom is -0.493 e. The molecule has 1 N–H and O–H groups in total. The van der Waals surface area contributed by atoms with Crippen molar-refractivity contribution < 1.29 is 14.3 Å². The average molecular weight is 299 g/mol. The second-order valence-electron chi connectivity index (χ2n) is 5.13. The number of hydrogen-bond donors (Lipinski definition) is 1. The number of hydrogen-bond acceptors (Lipinski definition) is 3. The molecule has 116 valence electrons. The van der Waals surface area contributed by atoms with Gasteiger partial charge in [0.25, 0.3) is 5.91 Å².